The third-order valence-electron chi connectivity index (χ3n) is 2.78. The maximum absolute atomic E-state index is 4.40. The van der Waals surface area contributed by atoms with Crippen molar-refractivity contribution < 1.29 is 0 Å². The first-order chi connectivity index (χ1) is 7.69. The molecule has 0 aliphatic rings. The molecule has 1 heterocycles. The first kappa shape index (κ1) is 13.0. The highest BCUT2D eigenvalue weighted by molar-refractivity contribution is 5.20. The molecular formula is C13H23N3. The summed E-state index contributed by atoms with van der Waals surface area (Å²) < 4.78 is 1.89. The summed E-state index contributed by atoms with van der Waals surface area (Å²) in [5.41, 5.74) is 2.46. The number of hydrogen-bond acceptors (Lipinski definition) is 2. The topological polar surface area (TPSA) is 29.9 Å². The first-order valence-corrected chi connectivity index (χ1v) is 6.03. The van der Waals surface area contributed by atoms with Gasteiger partial charge in [-0.25, -0.2) is 0 Å². The van der Waals surface area contributed by atoms with Crippen LogP contribution in [0.1, 0.15) is 43.5 Å². The number of unbranched alkanes of at least 4 members (excludes halogenated alkanes) is 1. The first-order valence-electron chi connectivity index (χ1n) is 6.03. The lowest BCUT2D eigenvalue weighted by atomic mass is 10.0. The van der Waals surface area contributed by atoms with Crippen LogP contribution in [0, 0.1) is 6.92 Å². The monoisotopic (exact) mass is 221 g/mol. The van der Waals surface area contributed by atoms with E-state index in [0.29, 0.717) is 6.04 Å². The van der Waals surface area contributed by atoms with Gasteiger partial charge in [0.05, 0.1) is 5.69 Å². The Morgan fingerprint density at radius 1 is 1.62 bits per heavy atom. The lowest BCUT2D eigenvalue weighted by molar-refractivity contribution is 0.498. The van der Waals surface area contributed by atoms with Gasteiger partial charge < -0.3 is 5.32 Å². The zero-order chi connectivity index (χ0) is 12.0. The second-order valence-corrected chi connectivity index (χ2v) is 4.17. The molecule has 3 heteroatoms. The van der Waals surface area contributed by atoms with Crippen LogP contribution in [0.2, 0.25) is 0 Å². The lowest BCUT2D eigenvalue weighted by Gasteiger charge is -2.16. The highest BCUT2D eigenvalue weighted by Gasteiger charge is 2.14. The minimum atomic E-state index is 0.429. The Hall–Kier alpha value is -1.09. The van der Waals surface area contributed by atoms with E-state index in [-0.39, 0.29) is 0 Å². The molecule has 0 aliphatic heterocycles. The maximum Gasteiger partial charge on any atom is 0.0641 e. The van der Waals surface area contributed by atoms with E-state index in [9.17, 15) is 0 Å². The van der Waals surface area contributed by atoms with E-state index < -0.39 is 0 Å². The van der Waals surface area contributed by atoms with E-state index in [1.165, 1.54) is 12.0 Å². The molecule has 1 N–H and O–H groups in total. The number of nitrogens with one attached hydrogen (secondary N) is 1. The SMILES string of the molecule is C=CCCCC(NCC)c1cn(C)nc1C. The van der Waals surface area contributed by atoms with Crippen LogP contribution >= 0.6 is 0 Å². The van der Waals surface area contributed by atoms with Crippen molar-refractivity contribution in [3.63, 3.8) is 0 Å². The summed E-state index contributed by atoms with van der Waals surface area (Å²) in [6.45, 7) is 8.98. The van der Waals surface area contributed by atoms with Crippen molar-refractivity contribution in [3.05, 3.63) is 30.1 Å². The molecule has 3 nitrogen and oxygen atoms in total. The van der Waals surface area contributed by atoms with Gasteiger partial charge in [-0.15, -0.1) is 6.58 Å². The van der Waals surface area contributed by atoms with Crippen molar-refractivity contribution >= 4 is 0 Å². The van der Waals surface area contributed by atoms with Crippen LogP contribution in [-0.2, 0) is 7.05 Å². The van der Waals surface area contributed by atoms with E-state index in [2.05, 4.69) is 37.0 Å². The summed E-state index contributed by atoms with van der Waals surface area (Å²) in [5.74, 6) is 0. The van der Waals surface area contributed by atoms with Crippen molar-refractivity contribution in [3.8, 4) is 0 Å². The Morgan fingerprint density at radius 2 is 2.38 bits per heavy atom. The summed E-state index contributed by atoms with van der Waals surface area (Å²) in [6, 6.07) is 0.429. The molecule has 0 bridgehead atoms. The highest BCUT2D eigenvalue weighted by Crippen LogP contribution is 2.21. The highest BCUT2D eigenvalue weighted by atomic mass is 15.3. The standard InChI is InChI=1S/C13H23N3/c1-5-7-8-9-13(14-6-2)12-10-16(4)15-11(12)3/h5,10,13-14H,1,6-9H2,2-4H3. The summed E-state index contributed by atoms with van der Waals surface area (Å²) in [7, 11) is 1.98. The number of rotatable bonds is 7. The smallest absolute Gasteiger partial charge is 0.0641 e. The Balaban J connectivity index is 2.68. The van der Waals surface area contributed by atoms with Crippen LogP contribution in [0.25, 0.3) is 0 Å². The molecule has 0 aromatic carbocycles. The molecule has 1 aromatic rings. The predicted octanol–water partition coefficient (Wildman–Crippen LogP) is 2.74. The predicted molar refractivity (Wildman–Crippen MR) is 68.4 cm³/mol. The molecule has 1 atom stereocenters. The molecule has 0 spiro atoms. The van der Waals surface area contributed by atoms with Crippen LogP contribution in [0.15, 0.2) is 18.9 Å². The Kier molecular flexibility index (Phi) is 5.26. The van der Waals surface area contributed by atoms with Crippen LogP contribution in [0.5, 0.6) is 0 Å². The summed E-state index contributed by atoms with van der Waals surface area (Å²) in [4.78, 5) is 0. The molecule has 0 radical (unpaired) electrons. The fourth-order valence-corrected chi connectivity index (χ4v) is 2.04. The minimum absolute atomic E-state index is 0.429. The van der Waals surface area contributed by atoms with Gasteiger partial charge in [0.1, 0.15) is 0 Å². The molecule has 90 valence electrons. The zero-order valence-corrected chi connectivity index (χ0v) is 10.7. The van der Waals surface area contributed by atoms with E-state index in [0.717, 1.165) is 25.1 Å². The molecule has 1 rings (SSSR count). The summed E-state index contributed by atoms with van der Waals surface area (Å²) >= 11 is 0. The molecule has 1 unspecified atom stereocenters. The quantitative estimate of drug-likeness (QED) is 0.567. The molecular weight excluding hydrogens is 198 g/mol. The second kappa shape index (κ2) is 6.48. The van der Waals surface area contributed by atoms with Crippen molar-refractivity contribution in [2.45, 2.75) is 39.2 Å². The fourth-order valence-electron chi connectivity index (χ4n) is 2.04. The third-order valence-corrected chi connectivity index (χ3v) is 2.78. The van der Waals surface area contributed by atoms with Gasteiger partial charge in [-0.3, -0.25) is 4.68 Å². The van der Waals surface area contributed by atoms with Crippen LogP contribution in [0.4, 0.5) is 0 Å². The van der Waals surface area contributed by atoms with Crippen molar-refractivity contribution in [1.82, 2.24) is 15.1 Å². The molecule has 16 heavy (non-hydrogen) atoms. The third kappa shape index (κ3) is 3.49. The molecule has 1 aromatic heterocycles. The normalized spacial score (nSPS) is 12.7. The van der Waals surface area contributed by atoms with E-state index in [1.807, 2.05) is 17.8 Å². The Labute approximate surface area is 98.5 Å². The van der Waals surface area contributed by atoms with Crippen LogP contribution < -0.4 is 5.32 Å². The second-order valence-electron chi connectivity index (χ2n) is 4.17. The molecule has 0 saturated heterocycles. The number of aryl methyl sites for hydroxylation is 2. The van der Waals surface area contributed by atoms with Gasteiger partial charge in [-0.2, -0.15) is 5.10 Å². The lowest BCUT2D eigenvalue weighted by Crippen LogP contribution is -2.21. The molecule has 0 aliphatic carbocycles. The van der Waals surface area contributed by atoms with Gasteiger partial charge in [0, 0.05) is 24.8 Å². The fraction of sp³-hybridized carbons (Fsp3) is 0.615. The zero-order valence-electron chi connectivity index (χ0n) is 10.7. The van der Waals surface area contributed by atoms with Crippen LogP contribution in [-0.4, -0.2) is 16.3 Å². The van der Waals surface area contributed by atoms with Gasteiger partial charge in [0.2, 0.25) is 0 Å². The van der Waals surface area contributed by atoms with Gasteiger partial charge >= 0.3 is 0 Å². The van der Waals surface area contributed by atoms with Gasteiger partial charge in [-0.1, -0.05) is 13.0 Å². The van der Waals surface area contributed by atoms with Gasteiger partial charge in [-0.05, 0) is 32.7 Å². The average Bonchev–Trinajstić information content (AvgIpc) is 2.57. The Morgan fingerprint density at radius 3 is 2.88 bits per heavy atom. The van der Waals surface area contributed by atoms with Crippen LogP contribution in [0.3, 0.4) is 0 Å². The molecule has 0 fully saturated rings. The summed E-state index contributed by atoms with van der Waals surface area (Å²) in [6.07, 6.45) is 7.51. The van der Waals surface area contributed by atoms with E-state index >= 15 is 0 Å². The average molecular weight is 221 g/mol. The van der Waals surface area contributed by atoms with Gasteiger partial charge in [0.15, 0.2) is 0 Å². The van der Waals surface area contributed by atoms with Gasteiger partial charge in [0.25, 0.3) is 0 Å². The van der Waals surface area contributed by atoms with Crippen molar-refractivity contribution in [2.24, 2.45) is 7.05 Å². The number of aromatic nitrogens is 2. The summed E-state index contributed by atoms with van der Waals surface area (Å²) in [5, 5.41) is 7.92. The number of hydrogen-bond donors (Lipinski definition) is 1. The minimum Gasteiger partial charge on any atom is -0.310 e. The largest absolute Gasteiger partial charge is 0.310 e. The maximum atomic E-state index is 4.40. The molecule has 0 saturated carbocycles. The van der Waals surface area contributed by atoms with E-state index in [1.54, 1.807) is 0 Å². The molecule has 0 amide bonds. The van der Waals surface area contributed by atoms with Crippen molar-refractivity contribution in [2.75, 3.05) is 6.54 Å². The number of nitrogens with zero attached hydrogens (tertiary/aromatic N) is 2. The van der Waals surface area contributed by atoms with Crippen molar-refractivity contribution in [1.29, 1.82) is 0 Å². The number of allylic oxidation sites excluding steroid dienone is 1. The Bertz CT molecular complexity index is 328. The van der Waals surface area contributed by atoms with E-state index in [4.69, 9.17) is 0 Å².